The summed E-state index contributed by atoms with van der Waals surface area (Å²) < 4.78 is 0. The molecule has 0 radical (unpaired) electrons. The molecule has 2 nitrogen and oxygen atoms in total. The maximum Gasteiger partial charge on any atom is 0.0221 e. The number of allylic oxidation sites excluding steroid dienone is 1. The first-order valence-electron chi connectivity index (χ1n) is 6.59. The van der Waals surface area contributed by atoms with Crippen LogP contribution < -0.4 is 5.73 Å². The standard InChI is InChI=1S/C14H14.C4H8N2/c1-11-3-7-13(8-4-11)14-9-5-12(2)6-10-14;1-4(2-5)3-6/h3-10H,1-2H3;2-3,5H,6H2,1H3/b;4-3-,5-2?. The molecule has 0 spiro atoms. The zero-order chi connectivity index (χ0) is 15.0. The fourth-order valence-corrected chi connectivity index (χ4v) is 1.54. The lowest BCUT2D eigenvalue weighted by atomic mass is 10.0. The Labute approximate surface area is 121 Å². The van der Waals surface area contributed by atoms with Crippen LogP contribution in [0.15, 0.2) is 60.3 Å². The van der Waals surface area contributed by atoms with E-state index in [0.717, 1.165) is 5.57 Å². The van der Waals surface area contributed by atoms with Gasteiger partial charge in [-0.3, -0.25) is 0 Å². The van der Waals surface area contributed by atoms with Gasteiger partial charge in [-0.25, -0.2) is 0 Å². The van der Waals surface area contributed by atoms with Gasteiger partial charge in [-0.05, 0) is 43.7 Å². The molecule has 0 unspecified atom stereocenters. The molecule has 0 heterocycles. The van der Waals surface area contributed by atoms with E-state index in [1.54, 1.807) is 6.92 Å². The Hall–Kier alpha value is -2.35. The van der Waals surface area contributed by atoms with E-state index in [9.17, 15) is 0 Å². The van der Waals surface area contributed by atoms with E-state index in [2.05, 4.69) is 62.4 Å². The van der Waals surface area contributed by atoms with Gasteiger partial charge < -0.3 is 11.1 Å². The van der Waals surface area contributed by atoms with Crippen LogP contribution in [0.1, 0.15) is 18.1 Å². The average molecular weight is 266 g/mol. The monoisotopic (exact) mass is 266 g/mol. The molecule has 2 rings (SSSR count). The number of nitrogens with one attached hydrogen (secondary N) is 1. The Balaban J connectivity index is 0.000000286. The fraction of sp³-hybridized carbons (Fsp3) is 0.167. The molecule has 3 N–H and O–H groups in total. The second-order valence-corrected chi connectivity index (χ2v) is 4.79. The summed E-state index contributed by atoms with van der Waals surface area (Å²) in [6.07, 6.45) is 2.60. The van der Waals surface area contributed by atoms with Crippen LogP contribution in [0.4, 0.5) is 0 Å². The van der Waals surface area contributed by atoms with Gasteiger partial charge in [0.05, 0.1) is 0 Å². The van der Waals surface area contributed by atoms with Crippen molar-refractivity contribution in [2.24, 2.45) is 5.73 Å². The van der Waals surface area contributed by atoms with E-state index >= 15 is 0 Å². The first-order valence-corrected chi connectivity index (χ1v) is 6.59. The second-order valence-electron chi connectivity index (χ2n) is 4.79. The Bertz CT molecular complexity index is 520. The molecule has 0 aromatic heterocycles. The smallest absolute Gasteiger partial charge is 0.0221 e. The van der Waals surface area contributed by atoms with E-state index < -0.39 is 0 Å². The highest BCUT2D eigenvalue weighted by molar-refractivity contribution is 5.74. The van der Waals surface area contributed by atoms with Gasteiger partial charge in [0.15, 0.2) is 0 Å². The predicted octanol–water partition coefficient (Wildman–Crippen LogP) is 4.47. The van der Waals surface area contributed by atoms with Crippen LogP contribution in [0.2, 0.25) is 0 Å². The van der Waals surface area contributed by atoms with Crippen molar-refractivity contribution in [3.8, 4) is 11.1 Å². The predicted molar refractivity (Wildman–Crippen MR) is 88.1 cm³/mol. The maximum atomic E-state index is 6.54. The van der Waals surface area contributed by atoms with Gasteiger partial charge in [0.2, 0.25) is 0 Å². The Kier molecular flexibility index (Phi) is 6.24. The fourth-order valence-electron chi connectivity index (χ4n) is 1.54. The highest BCUT2D eigenvalue weighted by Crippen LogP contribution is 2.19. The van der Waals surface area contributed by atoms with Crippen LogP contribution in [0.3, 0.4) is 0 Å². The second kappa shape index (κ2) is 7.95. The molecule has 0 bridgehead atoms. The molecule has 0 aliphatic carbocycles. The van der Waals surface area contributed by atoms with Gasteiger partial charge in [0, 0.05) is 6.21 Å². The average Bonchev–Trinajstić information content (AvgIpc) is 2.49. The van der Waals surface area contributed by atoms with E-state index in [4.69, 9.17) is 11.1 Å². The lowest BCUT2D eigenvalue weighted by molar-refractivity contribution is 1.45. The van der Waals surface area contributed by atoms with Crippen molar-refractivity contribution in [3.63, 3.8) is 0 Å². The summed E-state index contributed by atoms with van der Waals surface area (Å²) in [4.78, 5) is 0. The van der Waals surface area contributed by atoms with Crippen LogP contribution in [-0.4, -0.2) is 6.21 Å². The highest BCUT2D eigenvalue weighted by atomic mass is 14.5. The summed E-state index contributed by atoms with van der Waals surface area (Å²) in [5.74, 6) is 0. The zero-order valence-electron chi connectivity index (χ0n) is 12.4. The summed E-state index contributed by atoms with van der Waals surface area (Å²) in [7, 11) is 0. The van der Waals surface area contributed by atoms with Gasteiger partial charge >= 0.3 is 0 Å². The number of rotatable bonds is 2. The van der Waals surface area contributed by atoms with Crippen molar-refractivity contribution in [2.45, 2.75) is 20.8 Å². The van der Waals surface area contributed by atoms with Crippen LogP contribution in [0, 0.1) is 19.3 Å². The number of nitrogens with two attached hydrogens (primary N) is 1. The third-order valence-corrected chi connectivity index (χ3v) is 2.93. The molecule has 0 atom stereocenters. The van der Waals surface area contributed by atoms with Crippen molar-refractivity contribution in [2.75, 3.05) is 0 Å². The van der Waals surface area contributed by atoms with Crippen LogP contribution in [0.5, 0.6) is 0 Å². The van der Waals surface area contributed by atoms with Crippen molar-refractivity contribution < 1.29 is 0 Å². The number of aryl methyl sites for hydroxylation is 2. The molecule has 0 aliphatic rings. The summed E-state index contributed by atoms with van der Waals surface area (Å²) >= 11 is 0. The molecule has 2 heteroatoms. The number of hydrogen-bond acceptors (Lipinski definition) is 2. The van der Waals surface area contributed by atoms with Gasteiger partial charge in [0.25, 0.3) is 0 Å². The lowest BCUT2D eigenvalue weighted by Gasteiger charge is -2.02. The highest BCUT2D eigenvalue weighted by Gasteiger charge is 1.95. The molecular weight excluding hydrogens is 244 g/mol. The van der Waals surface area contributed by atoms with Crippen molar-refractivity contribution in [1.29, 1.82) is 5.41 Å². The maximum absolute atomic E-state index is 6.54. The molecule has 20 heavy (non-hydrogen) atoms. The van der Waals surface area contributed by atoms with Crippen molar-refractivity contribution in [3.05, 3.63) is 71.4 Å². The largest absolute Gasteiger partial charge is 0.404 e. The summed E-state index contributed by atoms with van der Waals surface area (Å²) in [5.41, 5.74) is 10.9. The van der Waals surface area contributed by atoms with E-state index in [1.807, 2.05) is 0 Å². The first kappa shape index (κ1) is 15.7. The number of benzene rings is 2. The van der Waals surface area contributed by atoms with E-state index in [1.165, 1.54) is 34.7 Å². The molecule has 0 fully saturated rings. The molecule has 0 aliphatic heterocycles. The first-order chi connectivity index (χ1) is 9.56. The molecule has 104 valence electrons. The molecule has 0 amide bonds. The van der Waals surface area contributed by atoms with Crippen LogP contribution in [-0.2, 0) is 0 Å². The van der Waals surface area contributed by atoms with Crippen molar-refractivity contribution >= 4 is 6.21 Å². The Morgan fingerprint density at radius 2 is 1.20 bits per heavy atom. The van der Waals surface area contributed by atoms with E-state index in [0.29, 0.717) is 0 Å². The molecule has 0 saturated carbocycles. The summed E-state index contributed by atoms with van der Waals surface area (Å²) in [6.45, 7) is 5.99. The van der Waals surface area contributed by atoms with Crippen molar-refractivity contribution in [1.82, 2.24) is 0 Å². The minimum Gasteiger partial charge on any atom is -0.404 e. The van der Waals surface area contributed by atoms with Crippen LogP contribution >= 0.6 is 0 Å². The summed E-state index contributed by atoms with van der Waals surface area (Å²) in [5, 5.41) is 6.54. The molecule has 2 aromatic rings. The lowest BCUT2D eigenvalue weighted by Crippen LogP contribution is -1.82. The van der Waals surface area contributed by atoms with E-state index in [-0.39, 0.29) is 0 Å². The molecule has 0 saturated heterocycles. The van der Waals surface area contributed by atoms with Gasteiger partial charge in [-0.1, -0.05) is 59.7 Å². The Morgan fingerprint density at radius 1 is 0.850 bits per heavy atom. The van der Waals surface area contributed by atoms with Crippen LogP contribution in [0.25, 0.3) is 11.1 Å². The van der Waals surface area contributed by atoms with Gasteiger partial charge in [-0.15, -0.1) is 0 Å². The Morgan fingerprint density at radius 3 is 1.40 bits per heavy atom. The third kappa shape index (κ3) is 5.11. The SMILES string of the molecule is C/C(C=N)=C/N.Cc1ccc(-c2ccc(C)cc2)cc1. The zero-order valence-corrected chi connectivity index (χ0v) is 12.4. The quantitative estimate of drug-likeness (QED) is 0.774. The molecular formula is C18H22N2. The normalized spacial score (nSPS) is 10.4. The number of hydrogen-bond donors (Lipinski definition) is 2. The summed E-state index contributed by atoms with van der Waals surface area (Å²) in [6, 6.07) is 17.3. The van der Waals surface area contributed by atoms with Gasteiger partial charge in [-0.2, -0.15) is 0 Å². The topological polar surface area (TPSA) is 49.9 Å². The third-order valence-electron chi connectivity index (χ3n) is 2.93. The minimum atomic E-state index is 0.787. The molecule has 2 aromatic carbocycles. The van der Waals surface area contributed by atoms with Gasteiger partial charge in [0.1, 0.15) is 0 Å². The minimum absolute atomic E-state index is 0.787.